The number of rotatable bonds is 0. The Kier molecular flexibility index (Phi) is 1.83. The maximum Gasteiger partial charge on any atom is 0.130 e. The van der Waals surface area contributed by atoms with E-state index >= 15 is 0 Å². The molecule has 0 saturated carbocycles. The van der Waals surface area contributed by atoms with Gasteiger partial charge in [0.05, 0.1) is 5.52 Å². The van der Waals surface area contributed by atoms with Crippen molar-refractivity contribution < 1.29 is 0 Å². The fourth-order valence-electron chi connectivity index (χ4n) is 1.44. The third-order valence-electron chi connectivity index (χ3n) is 1.97. The molecule has 2 aromatic rings. The largest absolute Gasteiger partial charge is 0.276 e. The maximum atomic E-state index is 4.16. The van der Waals surface area contributed by atoms with Gasteiger partial charge in [0.25, 0.3) is 0 Å². The molecule has 62 valence electrons. The molecule has 0 atom stereocenters. The summed E-state index contributed by atoms with van der Waals surface area (Å²) >= 11 is 2.24. The van der Waals surface area contributed by atoms with Crippen LogP contribution < -0.4 is 0 Å². The number of hydrogen-bond acceptors (Lipinski definition) is 1. The van der Waals surface area contributed by atoms with E-state index in [4.69, 9.17) is 0 Å². The summed E-state index contributed by atoms with van der Waals surface area (Å²) in [5, 5.41) is 8.41. The Morgan fingerprint density at radius 1 is 1.33 bits per heavy atom. The van der Waals surface area contributed by atoms with E-state index in [1.807, 2.05) is 0 Å². The molecule has 0 spiro atoms. The van der Waals surface area contributed by atoms with Crippen molar-refractivity contribution in [3.63, 3.8) is 0 Å². The summed E-state index contributed by atoms with van der Waals surface area (Å²) in [7, 11) is 0. The zero-order chi connectivity index (χ0) is 8.72. The van der Waals surface area contributed by atoms with Gasteiger partial charge < -0.3 is 0 Å². The van der Waals surface area contributed by atoms with Crippen LogP contribution in [-0.4, -0.2) is 10.2 Å². The summed E-state index contributed by atoms with van der Waals surface area (Å²) in [5.41, 5.74) is 3.71. The number of aromatic amines is 1. The molecule has 1 aromatic carbocycles. The molecule has 0 radical (unpaired) electrons. The number of halogens is 1. The first-order chi connectivity index (χ1) is 5.68. The lowest BCUT2D eigenvalue weighted by atomic mass is 10.1. The van der Waals surface area contributed by atoms with E-state index in [9.17, 15) is 0 Å². The minimum absolute atomic E-state index is 1.05. The van der Waals surface area contributed by atoms with Crippen LogP contribution in [0.2, 0.25) is 0 Å². The van der Waals surface area contributed by atoms with Crippen LogP contribution in [0, 0.1) is 17.5 Å². The van der Waals surface area contributed by atoms with Gasteiger partial charge in [-0.05, 0) is 48.1 Å². The molecule has 0 saturated heterocycles. The predicted molar refractivity (Wildman–Crippen MR) is 58.3 cm³/mol. The first-order valence-corrected chi connectivity index (χ1v) is 4.87. The van der Waals surface area contributed by atoms with Crippen molar-refractivity contribution in [3.8, 4) is 0 Å². The second kappa shape index (κ2) is 2.73. The quantitative estimate of drug-likeness (QED) is 0.734. The molecule has 3 heteroatoms. The van der Waals surface area contributed by atoms with Gasteiger partial charge in [-0.2, -0.15) is 5.10 Å². The van der Waals surface area contributed by atoms with E-state index in [0.29, 0.717) is 0 Å². The van der Waals surface area contributed by atoms with Crippen LogP contribution in [-0.2, 0) is 0 Å². The van der Waals surface area contributed by atoms with Crippen molar-refractivity contribution in [3.05, 3.63) is 27.0 Å². The number of hydrogen-bond donors (Lipinski definition) is 1. The Hall–Kier alpha value is -0.580. The van der Waals surface area contributed by atoms with Gasteiger partial charge in [-0.3, -0.25) is 5.10 Å². The van der Waals surface area contributed by atoms with Crippen LogP contribution in [0.5, 0.6) is 0 Å². The molecule has 0 aliphatic rings. The molecule has 0 amide bonds. The van der Waals surface area contributed by atoms with Gasteiger partial charge in [-0.1, -0.05) is 11.6 Å². The van der Waals surface area contributed by atoms with Crippen molar-refractivity contribution in [2.24, 2.45) is 0 Å². The Balaban J connectivity index is 2.92. The molecule has 0 bridgehead atoms. The molecule has 1 heterocycles. The van der Waals surface area contributed by atoms with E-state index in [0.717, 1.165) is 9.22 Å². The number of benzene rings is 1. The zero-order valence-corrected chi connectivity index (χ0v) is 9.14. The fourth-order valence-corrected chi connectivity index (χ4v) is 1.99. The van der Waals surface area contributed by atoms with E-state index in [-0.39, 0.29) is 0 Å². The SMILES string of the molecule is Cc1cc(C)c2[nH]nc(I)c2c1. The van der Waals surface area contributed by atoms with Crippen molar-refractivity contribution >= 4 is 33.5 Å². The molecule has 0 unspecified atom stereocenters. The fraction of sp³-hybridized carbons (Fsp3) is 0.222. The lowest BCUT2D eigenvalue weighted by Gasteiger charge is -1.97. The highest BCUT2D eigenvalue weighted by Gasteiger charge is 2.04. The number of nitrogens with zero attached hydrogens (tertiary/aromatic N) is 1. The summed E-state index contributed by atoms with van der Waals surface area (Å²) in [4.78, 5) is 0. The second-order valence-corrected chi connectivity index (χ2v) is 4.04. The molecule has 0 aliphatic carbocycles. The van der Waals surface area contributed by atoms with Crippen molar-refractivity contribution in [2.45, 2.75) is 13.8 Å². The molecule has 0 aliphatic heterocycles. The Bertz CT molecular complexity index is 431. The van der Waals surface area contributed by atoms with Crippen LogP contribution in [0.4, 0.5) is 0 Å². The Labute approximate surface area is 84.5 Å². The molecule has 0 fully saturated rings. The third kappa shape index (κ3) is 1.12. The van der Waals surface area contributed by atoms with Gasteiger partial charge in [0.2, 0.25) is 0 Å². The first kappa shape index (κ1) is 8.04. The number of fused-ring (bicyclic) bond motifs is 1. The summed E-state index contributed by atoms with van der Waals surface area (Å²) in [6.07, 6.45) is 0. The summed E-state index contributed by atoms with van der Waals surface area (Å²) in [5.74, 6) is 0. The standard InChI is InChI=1S/C9H9IN2/c1-5-3-6(2)8-7(4-5)9(10)12-11-8/h3-4H,1-2H3,(H,11,12). The molecule has 2 rings (SSSR count). The number of aryl methyl sites for hydroxylation is 2. The number of nitrogens with one attached hydrogen (secondary N) is 1. The normalized spacial score (nSPS) is 10.9. The van der Waals surface area contributed by atoms with E-state index in [1.54, 1.807) is 0 Å². The lowest BCUT2D eigenvalue weighted by Crippen LogP contribution is -1.79. The van der Waals surface area contributed by atoms with E-state index < -0.39 is 0 Å². The highest BCUT2D eigenvalue weighted by molar-refractivity contribution is 14.1. The Morgan fingerprint density at radius 3 is 2.83 bits per heavy atom. The summed E-state index contributed by atoms with van der Waals surface area (Å²) in [6, 6.07) is 4.32. The maximum absolute atomic E-state index is 4.16. The topological polar surface area (TPSA) is 28.7 Å². The van der Waals surface area contributed by atoms with Crippen LogP contribution in [0.1, 0.15) is 11.1 Å². The smallest absolute Gasteiger partial charge is 0.130 e. The lowest BCUT2D eigenvalue weighted by molar-refractivity contribution is 1.09. The van der Waals surface area contributed by atoms with Crippen molar-refractivity contribution in [2.75, 3.05) is 0 Å². The molecular formula is C9H9IN2. The number of H-pyrrole nitrogens is 1. The first-order valence-electron chi connectivity index (χ1n) is 3.79. The number of aromatic nitrogens is 2. The van der Waals surface area contributed by atoms with Crippen molar-refractivity contribution in [1.82, 2.24) is 10.2 Å². The monoisotopic (exact) mass is 272 g/mol. The van der Waals surface area contributed by atoms with Gasteiger partial charge in [0, 0.05) is 5.39 Å². The van der Waals surface area contributed by atoms with E-state index in [2.05, 4.69) is 58.8 Å². The van der Waals surface area contributed by atoms with Gasteiger partial charge >= 0.3 is 0 Å². The van der Waals surface area contributed by atoms with Gasteiger partial charge in [-0.15, -0.1) is 0 Å². The highest BCUT2D eigenvalue weighted by Crippen LogP contribution is 2.22. The average molecular weight is 272 g/mol. The zero-order valence-electron chi connectivity index (χ0n) is 6.98. The minimum Gasteiger partial charge on any atom is -0.276 e. The van der Waals surface area contributed by atoms with Gasteiger partial charge in [0.1, 0.15) is 3.70 Å². The van der Waals surface area contributed by atoms with Crippen LogP contribution in [0.3, 0.4) is 0 Å². The van der Waals surface area contributed by atoms with Gasteiger partial charge in [-0.25, -0.2) is 0 Å². The average Bonchev–Trinajstić information content (AvgIpc) is 2.33. The molecule has 12 heavy (non-hydrogen) atoms. The summed E-state index contributed by atoms with van der Waals surface area (Å²) in [6.45, 7) is 4.21. The third-order valence-corrected chi connectivity index (χ3v) is 2.79. The second-order valence-electron chi connectivity index (χ2n) is 3.02. The predicted octanol–water partition coefficient (Wildman–Crippen LogP) is 2.78. The van der Waals surface area contributed by atoms with Crippen molar-refractivity contribution in [1.29, 1.82) is 0 Å². The molecule has 1 N–H and O–H groups in total. The molecular weight excluding hydrogens is 263 g/mol. The van der Waals surface area contributed by atoms with Crippen LogP contribution in [0.25, 0.3) is 10.9 Å². The molecule has 1 aromatic heterocycles. The Morgan fingerprint density at radius 2 is 2.08 bits per heavy atom. The summed E-state index contributed by atoms with van der Waals surface area (Å²) < 4.78 is 1.05. The van der Waals surface area contributed by atoms with E-state index in [1.165, 1.54) is 16.5 Å². The minimum atomic E-state index is 1.05. The van der Waals surface area contributed by atoms with Crippen LogP contribution in [0.15, 0.2) is 12.1 Å². The van der Waals surface area contributed by atoms with Gasteiger partial charge in [0.15, 0.2) is 0 Å². The highest BCUT2D eigenvalue weighted by atomic mass is 127. The van der Waals surface area contributed by atoms with Crippen LogP contribution >= 0.6 is 22.6 Å². The molecule has 2 nitrogen and oxygen atoms in total.